The second kappa shape index (κ2) is 0.479. The molecule has 0 bridgehead atoms. The Labute approximate surface area is 32.9 Å². The minimum Gasteiger partial charge on any atom is 0.0289 e. The molecule has 1 spiro atoms. The maximum absolute atomic E-state index is 1.67. The zero-order chi connectivity index (χ0) is 3.33. The van der Waals surface area contributed by atoms with E-state index >= 15 is 0 Å². The van der Waals surface area contributed by atoms with E-state index in [1.165, 1.54) is 0 Å². The zero-order valence-corrected chi connectivity index (χ0v) is 4.17. The van der Waals surface area contributed by atoms with E-state index in [0.29, 0.717) is 0 Å². The fourth-order valence-corrected chi connectivity index (χ4v) is 3.89. The molecule has 1 heteroatoms. The molecule has 28 valence electrons. The predicted molar refractivity (Wildman–Crippen MR) is 26.4 cm³/mol. The minimum atomic E-state index is 0.111. The number of rotatable bonds is 0. The Balaban J connectivity index is 2.30. The topological polar surface area (TPSA) is 0 Å². The van der Waals surface area contributed by atoms with Gasteiger partial charge in [-0.3, -0.25) is 0 Å². The van der Waals surface area contributed by atoms with Crippen LogP contribution >= 0.6 is 7.26 Å². The number of hydrogen-bond acceptors (Lipinski definition) is 0. The van der Waals surface area contributed by atoms with E-state index in [0.717, 1.165) is 0 Å². The van der Waals surface area contributed by atoms with Crippen LogP contribution in [0.1, 0.15) is 0 Å². The highest BCUT2D eigenvalue weighted by Gasteiger charge is 2.63. The maximum atomic E-state index is 1.67. The van der Waals surface area contributed by atoms with Crippen LogP contribution in [0, 0.1) is 0 Å². The average Bonchev–Trinajstić information content (AvgIpc) is 2.17. The Morgan fingerprint density at radius 2 is 1.20 bits per heavy atom. The van der Waals surface area contributed by atoms with E-state index in [1.54, 1.807) is 24.6 Å². The first kappa shape index (κ1) is 2.58. The molecule has 0 amide bonds. The first-order valence-corrected chi connectivity index (χ1v) is 4.79. The summed E-state index contributed by atoms with van der Waals surface area (Å²) in [5.74, 6) is 0. The summed E-state index contributed by atoms with van der Waals surface area (Å²) in [5.41, 5.74) is 0. The van der Waals surface area contributed by atoms with Crippen molar-refractivity contribution in [1.29, 1.82) is 0 Å². The fourth-order valence-electron chi connectivity index (χ4n) is 0.730. The van der Waals surface area contributed by atoms with E-state index in [4.69, 9.17) is 0 Å². The molecule has 0 aromatic heterocycles. The van der Waals surface area contributed by atoms with Gasteiger partial charge in [0.15, 0.2) is 0 Å². The van der Waals surface area contributed by atoms with Gasteiger partial charge in [-0.2, -0.15) is 0 Å². The van der Waals surface area contributed by atoms with Gasteiger partial charge in [-0.1, -0.05) is 0 Å². The normalized spacial score (nSPS) is 38.4. The molecule has 2 aliphatic heterocycles. The van der Waals surface area contributed by atoms with Gasteiger partial charge >= 0.3 is 0 Å². The Morgan fingerprint density at radius 3 is 1.20 bits per heavy atom. The van der Waals surface area contributed by atoms with Crippen molar-refractivity contribution >= 4 is 7.26 Å². The van der Waals surface area contributed by atoms with Crippen molar-refractivity contribution in [2.45, 2.75) is 0 Å². The molecule has 2 aliphatic rings. The molecule has 2 heterocycles. The summed E-state index contributed by atoms with van der Waals surface area (Å²) in [6.07, 6.45) is 6.69. The number of hydrogen-bond donors (Lipinski definition) is 0. The molecule has 0 aliphatic carbocycles. The largest absolute Gasteiger partial charge is 0.0933 e. The second-order valence-corrected chi connectivity index (χ2v) is 6.71. The van der Waals surface area contributed by atoms with Crippen molar-refractivity contribution in [3.05, 3.63) is 0 Å². The third kappa shape index (κ3) is 0.240. The molecule has 0 radical (unpaired) electrons. The third-order valence-electron chi connectivity index (χ3n) is 1.71. The first-order chi connectivity index (χ1) is 2.41. The van der Waals surface area contributed by atoms with E-state index < -0.39 is 0 Å². The lowest BCUT2D eigenvalue weighted by molar-refractivity contribution is 1.75. The van der Waals surface area contributed by atoms with E-state index in [-0.39, 0.29) is 7.26 Å². The lowest BCUT2D eigenvalue weighted by atomic mass is 11.0. The summed E-state index contributed by atoms with van der Waals surface area (Å²) in [4.78, 5) is 0. The van der Waals surface area contributed by atoms with Gasteiger partial charge < -0.3 is 0 Å². The van der Waals surface area contributed by atoms with Gasteiger partial charge in [-0.05, 0) is 0 Å². The van der Waals surface area contributed by atoms with Crippen LogP contribution in [-0.4, -0.2) is 24.6 Å². The first-order valence-electron chi connectivity index (χ1n) is 2.26. The molecule has 0 atom stereocenters. The minimum absolute atomic E-state index is 0.111. The summed E-state index contributed by atoms with van der Waals surface area (Å²) < 4.78 is 0. The van der Waals surface area contributed by atoms with Crippen LogP contribution in [0.2, 0.25) is 0 Å². The van der Waals surface area contributed by atoms with Crippen molar-refractivity contribution in [2.75, 3.05) is 24.6 Å². The van der Waals surface area contributed by atoms with Crippen LogP contribution in [0.5, 0.6) is 0 Å². The van der Waals surface area contributed by atoms with Crippen molar-refractivity contribution in [2.24, 2.45) is 0 Å². The van der Waals surface area contributed by atoms with E-state index in [2.05, 4.69) is 0 Å². The van der Waals surface area contributed by atoms with Gasteiger partial charge in [0.05, 0.1) is 24.6 Å². The molecular weight excluding hydrogens is 79.0 g/mol. The van der Waals surface area contributed by atoms with Crippen molar-refractivity contribution in [3.63, 3.8) is 0 Å². The smallest absolute Gasteiger partial charge is 0.0289 e. The van der Waals surface area contributed by atoms with Crippen LogP contribution in [0.25, 0.3) is 0 Å². The summed E-state index contributed by atoms with van der Waals surface area (Å²) in [6.45, 7) is 0. The predicted octanol–water partition coefficient (Wildman–Crippen LogP) is 1.03. The van der Waals surface area contributed by atoms with Gasteiger partial charge in [-0.15, -0.1) is 0 Å². The molecule has 2 saturated heterocycles. The van der Waals surface area contributed by atoms with E-state index in [1.807, 2.05) is 0 Å². The molecular formula is C4H8P+. The van der Waals surface area contributed by atoms with E-state index in [9.17, 15) is 0 Å². The summed E-state index contributed by atoms with van der Waals surface area (Å²) in [7, 11) is 0.111. The van der Waals surface area contributed by atoms with Crippen LogP contribution in [0.15, 0.2) is 0 Å². The Morgan fingerprint density at radius 1 is 0.800 bits per heavy atom. The molecule has 0 unspecified atom stereocenters. The second-order valence-electron chi connectivity index (χ2n) is 2.24. The van der Waals surface area contributed by atoms with Gasteiger partial charge in [0, 0.05) is 7.26 Å². The molecule has 0 nitrogen and oxygen atoms in total. The lowest BCUT2D eigenvalue weighted by Crippen LogP contribution is -1.20. The lowest BCUT2D eigenvalue weighted by Gasteiger charge is -1.51. The Bertz CT molecular complexity index is 46.5. The highest BCUT2D eigenvalue weighted by atomic mass is 31.2. The maximum Gasteiger partial charge on any atom is 0.0933 e. The summed E-state index contributed by atoms with van der Waals surface area (Å²) in [6, 6.07) is 0. The monoisotopic (exact) mass is 87.0 g/mol. The third-order valence-corrected chi connectivity index (χ3v) is 5.14. The Hall–Kier alpha value is 0.430. The van der Waals surface area contributed by atoms with Crippen molar-refractivity contribution < 1.29 is 0 Å². The molecule has 2 fully saturated rings. The average molecular weight is 87.1 g/mol. The highest BCUT2D eigenvalue weighted by Crippen LogP contribution is 2.83. The van der Waals surface area contributed by atoms with Gasteiger partial charge in [0.25, 0.3) is 0 Å². The zero-order valence-electron chi connectivity index (χ0n) is 3.28. The fraction of sp³-hybridized carbons (Fsp3) is 1.00. The molecule has 5 heavy (non-hydrogen) atoms. The summed E-state index contributed by atoms with van der Waals surface area (Å²) in [5, 5.41) is 0. The van der Waals surface area contributed by atoms with Crippen LogP contribution in [0.3, 0.4) is 0 Å². The molecule has 0 N–H and O–H groups in total. The standard InChI is InChI=1S/C4H8P/c1-2-5(1)3-4-5/h1-4H2/q+1. The van der Waals surface area contributed by atoms with Crippen molar-refractivity contribution in [3.8, 4) is 0 Å². The highest BCUT2D eigenvalue weighted by molar-refractivity contribution is 7.89. The Kier molecular flexibility index (Phi) is 0.247. The van der Waals surface area contributed by atoms with Crippen molar-refractivity contribution in [1.82, 2.24) is 0 Å². The van der Waals surface area contributed by atoms with Gasteiger partial charge in [0.2, 0.25) is 0 Å². The molecule has 0 saturated carbocycles. The van der Waals surface area contributed by atoms with Gasteiger partial charge in [-0.25, -0.2) is 0 Å². The quantitative estimate of drug-likeness (QED) is 0.387. The molecule has 0 aromatic carbocycles. The summed E-state index contributed by atoms with van der Waals surface area (Å²) >= 11 is 0. The van der Waals surface area contributed by atoms with Crippen LogP contribution in [-0.2, 0) is 0 Å². The SMILES string of the molecule is C1C[P+]12CC2. The molecule has 0 aromatic rings. The van der Waals surface area contributed by atoms with Crippen LogP contribution in [0.4, 0.5) is 0 Å². The van der Waals surface area contributed by atoms with Crippen LogP contribution < -0.4 is 0 Å². The van der Waals surface area contributed by atoms with Gasteiger partial charge in [0.1, 0.15) is 0 Å². The molecule has 2 rings (SSSR count).